The number of carbonyl (C=O) groups is 1. The van der Waals surface area contributed by atoms with E-state index in [2.05, 4.69) is 17.2 Å². The van der Waals surface area contributed by atoms with Gasteiger partial charge in [-0.1, -0.05) is 18.8 Å². The van der Waals surface area contributed by atoms with Crippen molar-refractivity contribution in [1.29, 1.82) is 0 Å². The van der Waals surface area contributed by atoms with Gasteiger partial charge in [0, 0.05) is 36.8 Å². The van der Waals surface area contributed by atoms with Crippen molar-refractivity contribution in [3.63, 3.8) is 0 Å². The number of fused-ring (bicyclic) bond motifs is 1. The van der Waals surface area contributed by atoms with Crippen LogP contribution in [-0.2, 0) is 10.0 Å². The Labute approximate surface area is 231 Å². The standard InChI is InChI=1S/C28H38N4O6S/c1-20-17-32(21(2)19-33)39(35,36)27-14-9-22(8-7-15-30(3)4)16-25(27)38-26(20)18-31(5)28(34)29-23-10-12-24(37-6)13-11-23/h9-14,16,20-21,26,33H,15,17-19H2,1-6H3,(H,29,34)/t20-,21+,26-/m0/s1. The number of likely N-dealkylation sites (N-methyl/N-ethyl adjacent to an activating group) is 1. The summed E-state index contributed by atoms with van der Waals surface area (Å²) in [5, 5.41) is 12.7. The Balaban J connectivity index is 1.92. The van der Waals surface area contributed by atoms with Crippen LogP contribution < -0.4 is 14.8 Å². The zero-order valence-corrected chi connectivity index (χ0v) is 24.2. The lowest BCUT2D eigenvalue weighted by molar-refractivity contribution is 0.0830. The maximum atomic E-state index is 13.6. The monoisotopic (exact) mass is 558 g/mol. The van der Waals surface area contributed by atoms with E-state index < -0.39 is 22.2 Å². The van der Waals surface area contributed by atoms with Crippen molar-refractivity contribution >= 4 is 21.7 Å². The highest BCUT2D eigenvalue weighted by molar-refractivity contribution is 7.89. The highest BCUT2D eigenvalue weighted by atomic mass is 32.2. The minimum absolute atomic E-state index is 0.00296. The average molecular weight is 559 g/mol. The Kier molecular flexibility index (Phi) is 10.2. The fourth-order valence-electron chi connectivity index (χ4n) is 4.07. The molecule has 0 radical (unpaired) electrons. The number of carbonyl (C=O) groups excluding carboxylic acids is 1. The molecule has 0 aromatic heterocycles. The molecule has 11 heteroatoms. The predicted octanol–water partition coefficient (Wildman–Crippen LogP) is 2.54. The summed E-state index contributed by atoms with van der Waals surface area (Å²) in [7, 11) is 3.09. The molecule has 0 saturated carbocycles. The predicted molar refractivity (Wildman–Crippen MR) is 151 cm³/mol. The first kappa shape index (κ1) is 30.2. The molecule has 212 valence electrons. The largest absolute Gasteiger partial charge is 0.497 e. The Morgan fingerprint density at radius 2 is 1.92 bits per heavy atom. The molecule has 1 aliphatic heterocycles. The second kappa shape index (κ2) is 13.2. The van der Waals surface area contributed by atoms with Gasteiger partial charge in [0.05, 0.1) is 26.8 Å². The highest BCUT2D eigenvalue weighted by Crippen LogP contribution is 2.34. The number of rotatable bonds is 7. The number of nitrogens with zero attached hydrogens (tertiary/aromatic N) is 3. The van der Waals surface area contributed by atoms with Gasteiger partial charge in [0.1, 0.15) is 22.5 Å². The van der Waals surface area contributed by atoms with Crippen molar-refractivity contribution in [2.75, 3.05) is 59.8 Å². The molecule has 0 aliphatic carbocycles. The molecular weight excluding hydrogens is 520 g/mol. The zero-order valence-electron chi connectivity index (χ0n) is 23.3. The van der Waals surface area contributed by atoms with Gasteiger partial charge in [0.15, 0.2) is 0 Å². The molecule has 2 amide bonds. The van der Waals surface area contributed by atoms with Gasteiger partial charge in [-0.15, -0.1) is 0 Å². The van der Waals surface area contributed by atoms with Crippen LogP contribution >= 0.6 is 0 Å². The average Bonchev–Trinajstić information content (AvgIpc) is 2.90. The van der Waals surface area contributed by atoms with E-state index in [0.29, 0.717) is 23.5 Å². The van der Waals surface area contributed by atoms with Gasteiger partial charge in [0.2, 0.25) is 10.0 Å². The number of hydrogen-bond acceptors (Lipinski definition) is 7. The van der Waals surface area contributed by atoms with Crippen LogP contribution in [-0.4, -0.2) is 100 Å². The molecular formula is C28H38N4O6S. The molecule has 2 aromatic carbocycles. The first-order valence-corrected chi connectivity index (χ1v) is 14.1. The molecule has 3 atom stereocenters. The number of anilines is 1. The number of ether oxygens (including phenoxy) is 2. The SMILES string of the molecule is COc1ccc(NC(=O)N(C)C[C@@H]2Oc3cc(C#CCN(C)C)ccc3S(=O)(=O)N([C@H](C)CO)C[C@@H]2C)cc1. The minimum Gasteiger partial charge on any atom is -0.497 e. The minimum atomic E-state index is -3.96. The molecule has 2 N–H and O–H groups in total. The van der Waals surface area contributed by atoms with Crippen LogP contribution in [0.2, 0.25) is 0 Å². The third-order valence-corrected chi connectivity index (χ3v) is 8.46. The summed E-state index contributed by atoms with van der Waals surface area (Å²) >= 11 is 0. The molecule has 0 fully saturated rings. The maximum absolute atomic E-state index is 13.6. The number of sulfonamides is 1. The van der Waals surface area contributed by atoms with Crippen molar-refractivity contribution in [1.82, 2.24) is 14.1 Å². The fraction of sp³-hybridized carbons (Fsp3) is 0.464. The van der Waals surface area contributed by atoms with Crippen molar-refractivity contribution in [3.8, 4) is 23.3 Å². The summed E-state index contributed by atoms with van der Waals surface area (Å²) in [6.07, 6.45) is -0.538. The van der Waals surface area contributed by atoms with E-state index in [4.69, 9.17) is 9.47 Å². The molecule has 1 aliphatic rings. The van der Waals surface area contributed by atoms with Gasteiger partial charge in [-0.3, -0.25) is 4.90 Å². The van der Waals surface area contributed by atoms with E-state index in [1.165, 1.54) is 15.3 Å². The molecule has 0 spiro atoms. The van der Waals surface area contributed by atoms with Gasteiger partial charge >= 0.3 is 6.03 Å². The van der Waals surface area contributed by atoms with Crippen LogP contribution in [0.15, 0.2) is 47.4 Å². The van der Waals surface area contributed by atoms with Gasteiger partial charge in [0.25, 0.3) is 0 Å². The van der Waals surface area contributed by atoms with Crippen LogP contribution in [0.5, 0.6) is 11.5 Å². The lowest BCUT2D eigenvalue weighted by Crippen LogP contribution is -2.50. The molecule has 0 unspecified atom stereocenters. The Bertz CT molecular complexity index is 1300. The molecule has 10 nitrogen and oxygen atoms in total. The molecule has 39 heavy (non-hydrogen) atoms. The number of aliphatic hydroxyl groups excluding tert-OH is 1. The maximum Gasteiger partial charge on any atom is 0.321 e. The molecule has 1 heterocycles. The number of benzene rings is 2. The van der Waals surface area contributed by atoms with Gasteiger partial charge in [-0.2, -0.15) is 4.31 Å². The van der Waals surface area contributed by atoms with Crippen molar-refractivity contribution in [2.24, 2.45) is 5.92 Å². The van der Waals surface area contributed by atoms with Crippen LogP contribution in [0.25, 0.3) is 0 Å². The second-order valence-electron chi connectivity index (χ2n) is 9.98. The Hall–Kier alpha value is -3.30. The lowest BCUT2D eigenvalue weighted by Gasteiger charge is -2.37. The first-order valence-electron chi connectivity index (χ1n) is 12.7. The summed E-state index contributed by atoms with van der Waals surface area (Å²) in [5.74, 6) is 6.64. The molecule has 3 rings (SSSR count). The van der Waals surface area contributed by atoms with E-state index in [0.717, 1.165) is 0 Å². The Morgan fingerprint density at radius 3 is 2.54 bits per heavy atom. The summed E-state index contributed by atoms with van der Waals surface area (Å²) < 4.78 is 40.1. The van der Waals surface area contributed by atoms with E-state index in [-0.39, 0.29) is 42.3 Å². The summed E-state index contributed by atoms with van der Waals surface area (Å²) in [4.78, 5) is 16.4. The number of aliphatic hydroxyl groups is 1. The second-order valence-corrected chi connectivity index (χ2v) is 11.8. The van der Waals surface area contributed by atoms with Crippen LogP contribution in [0.3, 0.4) is 0 Å². The van der Waals surface area contributed by atoms with E-state index in [1.54, 1.807) is 57.5 Å². The van der Waals surface area contributed by atoms with Crippen molar-refractivity contribution < 1.29 is 27.8 Å². The third kappa shape index (κ3) is 7.64. The molecule has 0 saturated heterocycles. The van der Waals surface area contributed by atoms with Gasteiger partial charge in [-0.05, 0) is 63.5 Å². The van der Waals surface area contributed by atoms with Crippen molar-refractivity contribution in [2.45, 2.75) is 30.9 Å². The number of hydrogen-bond donors (Lipinski definition) is 2. The van der Waals surface area contributed by atoms with Crippen LogP contribution in [0.1, 0.15) is 19.4 Å². The van der Waals surface area contributed by atoms with Gasteiger partial charge < -0.3 is 24.8 Å². The topological polar surface area (TPSA) is 112 Å². The molecule has 0 bridgehead atoms. The first-order chi connectivity index (χ1) is 18.5. The normalized spacial score (nSPS) is 19.4. The zero-order chi connectivity index (χ0) is 28.7. The van der Waals surface area contributed by atoms with E-state index in [1.807, 2.05) is 25.9 Å². The van der Waals surface area contributed by atoms with Crippen LogP contribution in [0.4, 0.5) is 10.5 Å². The quantitative estimate of drug-likeness (QED) is 0.503. The van der Waals surface area contributed by atoms with E-state index in [9.17, 15) is 18.3 Å². The summed E-state index contributed by atoms with van der Waals surface area (Å²) in [5.41, 5.74) is 1.23. The van der Waals surface area contributed by atoms with Crippen molar-refractivity contribution in [3.05, 3.63) is 48.0 Å². The lowest BCUT2D eigenvalue weighted by atomic mass is 10.0. The summed E-state index contributed by atoms with van der Waals surface area (Å²) in [6, 6.07) is 10.8. The molecule has 2 aromatic rings. The fourth-order valence-corrected chi connectivity index (χ4v) is 5.89. The van der Waals surface area contributed by atoms with E-state index >= 15 is 0 Å². The summed E-state index contributed by atoms with van der Waals surface area (Å²) in [6.45, 7) is 4.07. The smallest absolute Gasteiger partial charge is 0.321 e. The Morgan fingerprint density at radius 1 is 1.23 bits per heavy atom. The third-order valence-electron chi connectivity index (χ3n) is 6.44. The van der Waals surface area contributed by atoms with Gasteiger partial charge in [-0.25, -0.2) is 13.2 Å². The number of nitrogens with one attached hydrogen (secondary N) is 1. The number of urea groups is 1. The number of methoxy groups -OCH3 is 1. The highest BCUT2D eigenvalue weighted by Gasteiger charge is 2.38. The van der Waals surface area contributed by atoms with Crippen LogP contribution in [0, 0.1) is 17.8 Å². The number of amides is 2.